The Morgan fingerprint density at radius 2 is 0.704 bits per heavy atom. The molecule has 0 unspecified atom stereocenters. The Labute approximate surface area is 314 Å². The van der Waals surface area contributed by atoms with Gasteiger partial charge in [-0.05, 0) is 103 Å². The molecular formula is C52H38N2. The maximum Gasteiger partial charge on any atom is 0.0547 e. The summed E-state index contributed by atoms with van der Waals surface area (Å²) < 4.78 is 4.91. The third-order valence-electron chi connectivity index (χ3n) is 11.7. The zero-order valence-electron chi connectivity index (χ0n) is 30.6. The quantitative estimate of drug-likeness (QED) is 0.163. The Kier molecular flexibility index (Phi) is 6.55. The second-order valence-corrected chi connectivity index (χ2v) is 15.7. The Morgan fingerprint density at radius 1 is 0.315 bits per heavy atom. The van der Waals surface area contributed by atoms with Crippen molar-refractivity contribution in [3.05, 3.63) is 181 Å². The van der Waals surface area contributed by atoms with Crippen LogP contribution in [0.3, 0.4) is 0 Å². The normalized spacial score (nSPS) is 12.4. The molecule has 0 spiro atoms. The molecule has 0 atom stereocenters. The summed E-state index contributed by atoms with van der Waals surface area (Å²) in [5, 5.41) is 12.8. The van der Waals surface area contributed by atoms with E-state index in [1.807, 2.05) is 0 Å². The summed E-state index contributed by atoms with van der Waals surface area (Å²) in [6.07, 6.45) is 0. The largest absolute Gasteiger partial charge is 0.309 e. The van der Waals surface area contributed by atoms with Crippen molar-refractivity contribution >= 4 is 75.9 Å². The highest BCUT2D eigenvalue weighted by atomic mass is 15.0. The Bertz CT molecular complexity index is 3260. The molecule has 9 aromatic carbocycles. The summed E-state index contributed by atoms with van der Waals surface area (Å²) in [6, 6.07) is 65.3. The number of aromatic nitrogens is 2. The lowest BCUT2D eigenvalue weighted by Gasteiger charge is -2.19. The van der Waals surface area contributed by atoms with Gasteiger partial charge in [-0.25, -0.2) is 0 Å². The molecule has 0 radical (unpaired) electrons. The van der Waals surface area contributed by atoms with E-state index in [-0.39, 0.29) is 5.41 Å². The van der Waals surface area contributed by atoms with Crippen molar-refractivity contribution in [3.8, 4) is 22.5 Å². The lowest BCUT2D eigenvalue weighted by Crippen LogP contribution is -2.10. The van der Waals surface area contributed by atoms with Gasteiger partial charge in [-0.2, -0.15) is 0 Å². The number of para-hydroxylation sites is 2. The van der Waals surface area contributed by atoms with Crippen LogP contribution in [0.15, 0.2) is 176 Å². The van der Waals surface area contributed by atoms with Crippen LogP contribution in [0, 0.1) is 0 Å². The Balaban J connectivity index is 1.19. The molecule has 2 heteroatoms. The first-order chi connectivity index (χ1) is 26.5. The number of nitrogens with zero attached hydrogens (tertiary/aromatic N) is 2. The average Bonchev–Trinajstić information content (AvgIpc) is 3.74. The van der Waals surface area contributed by atoms with Gasteiger partial charge >= 0.3 is 0 Å². The third-order valence-corrected chi connectivity index (χ3v) is 11.7. The molecule has 2 nitrogen and oxygen atoms in total. The van der Waals surface area contributed by atoms with Gasteiger partial charge in [0.05, 0.1) is 22.1 Å². The van der Waals surface area contributed by atoms with Crippen LogP contribution in [0.25, 0.3) is 98.4 Å². The fraction of sp³-hybridized carbons (Fsp3) is 0.0769. The Morgan fingerprint density at radius 3 is 1.20 bits per heavy atom. The van der Waals surface area contributed by atoms with Gasteiger partial charge in [-0.1, -0.05) is 148 Å². The van der Waals surface area contributed by atoms with Crippen molar-refractivity contribution in [2.45, 2.75) is 26.2 Å². The maximum absolute atomic E-state index is 2.47. The van der Waals surface area contributed by atoms with Gasteiger partial charge in [0.1, 0.15) is 0 Å². The molecule has 0 fully saturated rings. The second kappa shape index (κ2) is 11.4. The summed E-state index contributed by atoms with van der Waals surface area (Å²) in [5.74, 6) is 0. The highest BCUT2D eigenvalue weighted by Gasteiger charge is 2.21. The standard InChI is InChI=1S/C52H38N2/c1-52(2,3)33-26-28-34(29-27-33)53-46-22-10-8-18-43(46)50-41(20-12-24-48(50)53)42-21-13-25-49-51(42)44-19-9-11-23-47(44)54(49)35-30-31-40-38-16-5-4-14-36(38)37-15-6-7-17-39(37)45(40)32-35/h4-32H,1-3H3. The molecule has 11 rings (SSSR count). The van der Waals surface area contributed by atoms with Crippen LogP contribution in [0.4, 0.5) is 0 Å². The van der Waals surface area contributed by atoms with Crippen LogP contribution in [-0.2, 0) is 5.41 Å². The number of benzene rings is 9. The molecule has 256 valence electrons. The fourth-order valence-corrected chi connectivity index (χ4v) is 9.19. The van der Waals surface area contributed by atoms with Gasteiger partial charge in [-0.15, -0.1) is 0 Å². The van der Waals surface area contributed by atoms with Crippen molar-refractivity contribution in [3.63, 3.8) is 0 Å². The Hall–Kier alpha value is -6.64. The number of hydrogen-bond acceptors (Lipinski definition) is 0. The van der Waals surface area contributed by atoms with Gasteiger partial charge in [-0.3, -0.25) is 0 Å². The van der Waals surface area contributed by atoms with Crippen molar-refractivity contribution in [1.82, 2.24) is 9.13 Å². The van der Waals surface area contributed by atoms with Gasteiger partial charge in [0.25, 0.3) is 0 Å². The SMILES string of the molecule is CC(C)(C)c1ccc(-n2c3ccccc3c3c(-c4cccc5c4c4ccccc4n5-c4ccc5c6ccccc6c6ccccc6c5c4)cccc32)cc1. The van der Waals surface area contributed by atoms with Crippen molar-refractivity contribution in [2.24, 2.45) is 0 Å². The molecule has 2 aromatic heterocycles. The van der Waals surface area contributed by atoms with Crippen molar-refractivity contribution < 1.29 is 0 Å². The first kappa shape index (κ1) is 30.9. The second-order valence-electron chi connectivity index (χ2n) is 15.7. The predicted octanol–water partition coefficient (Wildman–Crippen LogP) is 14.3. The molecule has 11 aromatic rings. The van der Waals surface area contributed by atoms with Crippen LogP contribution in [0.2, 0.25) is 0 Å². The molecule has 0 N–H and O–H groups in total. The maximum atomic E-state index is 2.47. The molecule has 0 amide bonds. The summed E-state index contributed by atoms with van der Waals surface area (Å²) in [5.41, 5.74) is 11.1. The zero-order chi connectivity index (χ0) is 36.1. The number of fused-ring (bicyclic) bond motifs is 12. The van der Waals surface area contributed by atoms with Gasteiger partial charge in [0.15, 0.2) is 0 Å². The van der Waals surface area contributed by atoms with E-state index in [4.69, 9.17) is 0 Å². The van der Waals surface area contributed by atoms with E-state index in [0.717, 1.165) is 0 Å². The van der Waals surface area contributed by atoms with Crippen molar-refractivity contribution in [1.29, 1.82) is 0 Å². The predicted molar refractivity (Wildman–Crippen MR) is 232 cm³/mol. The summed E-state index contributed by atoms with van der Waals surface area (Å²) in [7, 11) is 0. The summed E-state index contributed by atoms with van der Waals surface area (Å²) in [6.45, 7) is 6.82. The molecule has 0 saturated carbocycles. The lowest BCUT2D eigenvalue weighted by atomic mass is 9.87. The molecule has 0 aliphatic carbocycles. The lowest BCUT2D eigenvalue weighted by molar-refractivity contribution is 0.590. The topological polar surface area (TPSA) is 9.86 Å². The average molecular weight is 691 g/mol. The van der Waals surface area contributed by atoms with Gasteiger partial charge < -0.3 is 9.13 Å². The van der Waals surface area contributed by atoms with E-state index >= 15 is 0 Å². The van der Waals surface area contributed by atoms with E-state index < -0.39 is 0 Å². The minimum Gasteiger partial charge on any atom is -0.309 e. The minimum absolute atomic E-state index is 0.0966. The molecule has 54 heavy (non-hydrogen) atoms. The van der Waals surface area contributed by atoms with Crippen LogP contribution in [-0.4, -0.2) is 9.13 Å². The summed E-state index contributed by atoms with van der Waals surface area (Å²) in [4.78, 5) is 0. The highest BCUT2D eigenvalue weighted by Crippen LogP contribution is 2.45. The van der Waals surface area contributed by atoms with Gasteiger partial charge in [0, 0.05) is 32.9 Å². The first-order valence-corrected chi connectivity index (χ1v) is 18.9. The van der Waals surface area contributed by atoms with E-state index in [1.165, 1.54) is 104 Å². The third kappa shape index (κ3) is 4.40. The van der Waals surface area contributed by atoms with Gasteiger partial charge in [0.2, 0.25) is 0 Å². The molecule has 0 saturated heterocycles. The summed E-state index contributed by atoms with van der Waals surface area (Å²) >= 11 is 0. The van der Waals surface area contributed by atoms with Crippen LogP contribution in [0.5, 0.6) is 0 Å². The van der Waals surface area contributed by atoms with Crippen molar-refractivity contribution in [2.75, 3.05) is 0 Å². The van der Waals surface area contributed by atoms with Crippen LogP contribution < -0.4 is 0 Å². The number of hydrogen-bond donors (Lipinski definition) is 0. The molecule has 0 bridgehead atoms. The van der Waals surface area contributed by atoms with E-state index in [2.05, 4.69) is 206 Å². The fourth-order valence-electron chi connectivity index (χ4n) is 9.19. The molecular weight excluding hydrogens is 653 g/mol. The van der Waals surface area contributed by atoms with E-state index in [1.54, 1.807) is 0 Å². The van der Waals surface area contributed by atoms with E-state index in [9.17, 15) is 0 Å². The molecule has 0 aliphatic rings. The van der Waals surface area contributed by atoms with E-state index in [0.29, 0.717) is 0 Å². The smallest absolute Gasteiger partial charge is 0.0547 e. The van der Waals surface area contributed by atoms with Crippen LogP contribution in [0.1, 0.15) is 26.3 Å². The molecule has 0 aliphatic heterocycles. The van der Waals surface area contributed by atoms with Crippen LogP contribution >= 0.6 is 0 Å². The minimum atomic E-state index is 0.0966. The highest BCUT2D eigenvalue weighted by molar-refractivity contribution is 6.26. The number of rotatable bonds is 3. The first-order valence-electron chi connectivity index (χ1n) is 18.9. The monoisotopic (exact) mass is 690 g/mol. The zero-order valence-corrected chi connectivity index (χ0v) is 30.6. The molecule has 2 heterocycles.